The highest BCUT2D eigenvalue weighted by molar-refractivity contribution is 7.16. The van der Waals surface area contributed by atoms with E-state index in [4.69, 9.17) is 16.3 Å². The van der Waals surface area contributed by atoms with E-state index < -0.39 is 4.92 Å². The Hall–Kier alpha value is -1.93. The van der Waals surface area contributed by atoms with Crippen molar-refractivity contribution in [1.82, 2.24) is 9.97 Å². The Morgan fingerprint density at radius 1 is 1.50 bits per heavy atom. The summed E-state index contributed by atoms with van der Waals surface area (Å²) in [6, 6.07) is 3.45. The smallest absolute Gasteiger partial charge is 0.372 e. The van der Waals surface area contributed by atoms with Crippen LogP contribution in [0.1, 0.15) is 17.8 Å². The zero-order valence-electron chi connectivity index (χ0n) is 10.7. The highest BCUT2D eigenvalue weighted by Gasteiger charge is 2.25. The van der Waals surface area contributed by atoms with Gasteiger partial charge in [0.05, 0.1) is 22.4 Å². The fraction of sp³-hybridized carbons (Fsp3) is 0.273. The molecule has 2 heterocycles. The van der Waals surface area contributed by atoms with Crippen molar-refractivity contribution in [3.63, 3.8) is 0 Å². The summed E-state index contributed by atoms with van der Waals surface area (Å²) in [5.74, 6) is 0.0304. The van der Waals surface area contributed by atoms with E-state index in [0.29, 0.717) is 4.34 Å². The number of nitro groups is 1. The molecular formula is C11H11ClN4O3S. The van der Waals surface area contributed by atoms with Crippen LogP contribution in [0.5, 0.6) is 5.88 Å². The fourth-order valence-corrected chi connectivity index (χ4v) is 2.68. The highest BCUT2D eigenvalue weighted by atomic mass is 35.5. The Bertz CT molecular complexity index is 634. The normalized spacial score (nSPS) is 11.9. The summed E-state index contributed by atoms with van der Waals surface area (Å²) in [5, 5.41) is 14.1. The van der Waals surface area contributed by atoms with E-state index in [-0.39, 0.29) is 23.4 Å². The van der Waals surface area contributed by atoms with E-state index in [1.165, 1.54) is 24.8 Å². The molecule has 0 aliphatic carbocycles. The van der Waals surface area contributed by atoms with Gasteiger partial charge in [-0.15, -0.1) is 11.3 Å². The van der Waals surface area contributed by atoms with Crippen molar-refractivity contribution in [3.05, 3.63) is 37.8 Å². The molecule has 1 unspecified atom stereocenters. The van der Waals surface area contributed by atoms with Crippen LogP contribution >= 0.6 is 22.9 Å². The average molecular weight is 315 g/mol. The third kappa shape index (κ3) is 2.97. The van der Waals surface area contributed by atoms with Gasteiger partial charge in [0.1, 0.15) is 6.33 Å². The van der Waals surface area contributed by atoms with Gasteiger partial charge in [-0.2, -0.15) is 4.98 Å². The van der Waals surface area contributed by atoms with Gasteiger partial charge in [-0.05, 0) is 19.1 Å². The second-order valence-corrected chi connectivity index (χ2v) is 5.59. The third-order valence-corrected chi connectivity index (χ3v) is 3.95. The second kappa shape index (κ2) is 6.02. The van der Waals surface area contributed by atoms with E-state index in [2.05, 4.69) is 15.3 Å². The quantitative estimate of drug-likeness (QED) is 0.672. The molecule has 0 radical (unpaired) electrons. The Labute approximate surface area is 123 Å². The SMILES string of the molecule is COc1ncnc(NC(C)c2ccc(Cl)s2)c1[N+](=O)[O-]. The molecule has 0 fully saturated rings. The molecule has 0 bridgehead atoms. The molecule has 2 aromatic rings. The van der Waals surface area contributed by atoms with Gasteiger partial charge in [0.25, 0.3) is 5.88 Å². The lowest BCUT2D eigenvalue weighted by atomic mass is 10.2. The number of rotatable bonds is 5. The van der Waals surface area contributed by atoms with E-state index in [9.17, 15) is 10.1 Å². The number of nitrogens with zero attached hydrogens (tertiary/aromatic N) is 3. The van der Waals surface area contributed by atoms with Crippen LogP contribution in [0.2, 0.25) is 4.34 Å². The lowest BCUT2D eigenvalue weighted by Crippen LogP contribution is -2.10. The maximum absolute atomic E-state index is 11.1. The van der Waals surface area contributed by atoms with Crippen molar-refractivity contribution in [2.45, 2.75) is 13.0 Å². The molecule has 0 spiro atoms. The predicted octanol–water partition coefficient (Wildman–Crippen LogP) is 3.28. The van der Waals surface area contributed by atoms with Gasteiger partial charge in [-0.1, -0.05) is 11.6 Å². The lowest BCUT2D eigenvalue weighted by Gasteiger charge is -2.13. The largest absolute Gasteiger partial charge is 0.476 e. The van der Waals surface area contributed by atoms with Gasteiger partial charge >= 0.3 is 5.69 Å². The van der Waals surface area contributed by atoms with E-state index in [0.717, 1.165) is 4.88 Å². The summed E-state index contributed by atoms with van der Waals surface area (Å²) in [7, 11) is 1.32. The van der Waals surface area contributed by atoms with Gasteiger partial charge in [0, 0.05) is 4.88 Å². The van der Waals surface area contributed by atoms with Crippen molar-refractivity contribution in [1.29, 1.82) is 0 Å². The van der Waals surface area contributed by atoms with Crippen LogP contribution < -0.4 is 10.1 Å². The number of anilines is 1. The minimum atomic E-state index is -0.574. The summed E-state index contributed by atoms with van der Waals surface area (Å²) in [5.41, 5.74) is -0.287. The number of ether oxygens (including phenoxy) is 1. The number of hydrogen-bond donors (Lipinski definition) is 1. The van der Waals surface area contributed by atoms with Crippen LogP contribution in [-0.2, 0) is 0 Å². The number of halogens is 1. The van der Waals surface area contributed by atoms with Crippen molar-refractivity contribution >= 4 is 34.4 Å². The maximum atomic E-state index is 11.1. The number of thiophene rings is 1. The zero-order valence-corrected chi connectivity index (χ0v) is 12.2. The van der Waals surface area contributed by atoms with Gasteiger partial charge in [-0.3, -0.25) is 10.1 Å². The van der Waals surface area contributed by atoms with Gasteiger partial charge < -0.3 is 10.1 Å². The first-order chi connectivity index (χ1) is 9.52. The van der Waals surface area contributed by atoms with Gasteiger partial charge in [0.15, 0.2) is 0 Å². The first-order valence-corrected chi connectivity index (χ1v) is 6.77. The average Bonchev–Trinajstić information content (AvgIpc) is 2.84. The molecule has 0 aromatic carbocycles. The highest BCUT2D eigenvalue weighted by Crippen LogP contribution is 2.34. The summed E-state index contributed by atoms with van der Waals surface area (Å²) in [6.45, 7) is 1.86. The van der Waals surface area contributed by atoms with E-state index >= 15 is 0 Å². The van der Waals surface area contributed by atoms with Gasteiger partial charge in [0.2, 0.25) is 5.82 Å². The van der Waals surface area contributed by atoms with Crippen molar-refractivity contribution in [2.24, 2.45) is 0 Å². The Morgan fingerprint density at radius 3 is 2.80 bits per heavy atom. The minimum absolute atomic E-state index is 0.0797. The van der Waals surface area contributed by atoms with Crippen LogP contribution in [0.25, 0.3) is 0 Å². The molecule has 0 aliphatic rings. The monoisotopic (exact) mass is 314 g/mol. The van der Waals surface area contributed by atoms with Crippen LogP contribution in [0, 0.1) is 10.1 Å². The van der Waals surface area contributed by atoms with E-state index in [1.54, 1.807) is 6.07 Å². The number of nitrogens with one attached hydrogen (secondary N) is 1. The second-order valence-electron chi connectivity index (χ2n) is 3.85. The van der Waals surface area contributed by atoms with Crippen molar-refractivity contribution in [3.8, 4) is 5.88 Å². The molecule has 106 valence electrons. The topological polar surface area (TPSA) is 90.2 Å². The molecular weight excluding hydrogens is 304 g/mol. The first-order valence-electron chi connectivity index (χ1n) is 5.58. The molecule has 0 amide bonds. The van der Waals surface area contributed by atoms with E-state index in [1.807, 2.05) is 13.0 Å². The Balaban J connectivity index is 2.31. The summed E-state index contributed by atoms with van der Waals surface area (Å²) >= 11 is 7.27. The third-order valence-electron chi connectivity index (χ3n) is 2.54. The van der Waals surface area contributed by atoms with Crippen molar-refractivity contribution < 1.29 is 9.66 Å². The maximum Gasteiger partial charge on any atom is 0.372 e. The molecule has 0 saturated heterocycles. The molecule has 2 rings (SSSR count). The Morgan fingerprint density at radius 2 is 2.25 bits per heavy atom. The first kappa shape index (κ1) is 14.5. The molecule has 2 aromatic heterocycles. The number of hydrogen-bond acceptors (Lipinski definition) is 7. The molecule has 7 nitrogen and oxygen atoms in total. The Kier molecular flexibility index (Phi) is 4.35. The molecule has 20 heavy (non-hydrogen) atoms. The molecule has 1 N–H and O–H groups in total. The summed E-state index contributed by atoms with van der Waals surface area (Å²) < 4.78 is 5.54. The summed E-state index contributed by atoms with van der Waals surface area (Å²) in [4.78, 5) is 19.1. The number of aromatic nitrogens is 2. The van der Waals surface area contributed by atoms with Crippen LogP contribution in [0.15, 0.2) is 18.5 Å². The molecule has 0 saturated carbocycles. The molecule has 9 heteroatoms. The van der Waals surface area contributed by atoms with Gasteiger partial charge in [-0.25, -0.2) is 4.98 Å². The number of methoxy groups -OCH3 is 1. The predicted molar refractivity (Wildman–Crippen MR) is 76.6 cm³/mol. The van der Waals surface area contributed by atoms with Crippen molar-refractivity contribution in [2.75, 3.05) is 12.4 Å². The molecule has 1 atom stereocenters. The van der Waals surface area contributed by atoms with Crippen LogP contribution in [0.3, 0.4) is 0 Å². The molecule has 0 aliphatic heterocycles. The summed E-state index contributed by atoms with van der Waals surface area (Å²) in [6.07, 6.45) is 1.21. The lowest BCUT2D eigenvalue weighted by molar-refractivity contribution is -0.385. The van der Waals surface area contributed by atoms with Crippen LogP contribution in [0.4, 0.5) is 11.5 Å². The van der Waals surface area contributed by atoms with Crippen LogP contribution in [-0.4, -0.2) is 22.0 Å². The zero-order chi connectivity index (χ0) is 14.7. The fourth-order valence-electron chi connectivity index (χ4n) is 1.62. The standard InChI is InChI=1S/C11H11ClN4O3S/c1-6(7-3-4-8(12)20-7)15-10-9(16(17)18)11(19-2)14-5-13-10/h3-6H,1-2H3,(H,13,14,15). The minimum Gasteiger partial charge on any atom is -0.476 e.